The number of nitrogens with one attached hydrogen (secondary N) is 2. The van der Waals surface area contributed by atoms with Crippen molar-refractivity contribution in [3.05, 3.63) is 12.2 Å². The van der Waals surface area contributed by atoms with Crippen molar-refractivity contribution in [2.45, 2.75) is 65.6 Å². The monoisotopic (exact) mass is 416 g/mol. The van der Waals surface area contributed by atoms with Crippen molar-refractivity contribution in [2.24, 2.45) is 0 Å². The van der Waals surface area contributed by atoms with Crippen LogP contribution in [-0.2, 0) is 28.5 Å². The van der Waals surface area contributed by atoms with E-state index in [9.17, 15) is 19.2 Å². The molecule has 0 fully saturated rings. The average Bonchev–Trinajstić information content (AvgIpc) is 2.52. The van der Waals surface area contributed by atoms with Gasteiger partial charge in [-0.1, -0.05) is 0 Å². The van der Waals surface area contributed by atoms with E-state index >= 15 is 0 Å². The minimum atomic E-state index is -0.820. The van der Waals surface area contributed by atoms with E-state index < -0.39 is 42.1 Å². The molecule has 0 aromatic rings. The molecule has 166 valence electrons. The highest BCUT2D eigenvalue weighted by Gasteiger charge is 2.16. The molecule has 0 heterocycles. The minimum absolute atomic E-state index is 0.133. The molecule has 0 aliphatic heterocycles. The number of unbranched alkanes of at least 4 members (excludes halogenated alkanes) is 1. The van der Waals surface area contributed by atoms with Gasteiger partial charge in [0.1, 0.15) is 11.2 Å². The summed E-state index contributed by atoms with van der Waals surface area (Å²) in [7, 11) is 0. The zero-order chi connectivity index (χ0) is 22.5. The molecule has 0 radical (unpaired) electrons. The van der Waals surface area contributed by atoms with Crippen molar-refractivity contribution in [2.75, 3.05) is 19.9 Å². The van der Waals surface area contributed by atoms with Gasteiger partial charge in [0.25, 0.3) is 0 Å². The lowest BCUT2D eigenvalue weighted by Gasteiger charge is -2.19. The number of amides is 2. The Hall–Kier alpha value is -2.78. The van der Waals surface area contributed by atoms with Crippen molar-refractivity contribution in [3.8, 4) is 0 Å². The Labute approximate surface area is 171 Å². The topological polar surface area (TPSA) is 129 Å². The van der Waals surface area contributed by atoms with Crippen LogP contribution in [0.5, 0.6) is 0 Å². The molecule has 0 saturated heterocycles. The summed E-state index contributed by atoms with van der Waals surface area (Å²) in [4.78, 5) is 45.7. The fourth-order valence-corrected chi connectivity index (χ4v) is 1.62. The Kier molecular flexibility index (Phi) is 11.4. The van der Waals surface area contributed by atoms with Gasteiger partial charge in [0.05, 0.1) is 6.61 Å². The molecule has 0 bridgehead atoms. The third-order valence-corrected chi connectivity index (χ3v) is 2.67. The summed E-state index contributed by atoms with van der Waals surface area (Å²) in [5.41, 5.74) is -1.22. The fraction of sp³-hybridized carbons (Fsp3) is 0.684. The lowest BCUT2D eigenvalue weighted by Crippen LogP contribution is -2.34. The number of carbonyl (C=O) groups excluding carboxylic acids is 4. The molecule has 0 atom stereocenters. The molecule has 0 aliphatic rings. The van der Waals surface area contributed by atoms with E-state index in [1.807, 2.05) is 0 Å². The highest BCUT2D eigenvalue weighted by Crippen LogP contribution is 2.07. The van der Waals surface area contributed by atoms with Crippen LogP contribution >= 0.6 is 0 Å². The van der Waals surface area contributed by atoms with Gasteiger partial charge in [0.15, 0.2) is 6.73 Å². The maximum atomic E-state index is 11.5. The van der Waals surface area contributed by atoms with E-state index in [1.165, 1.54) is 0 Å². The molecule has 29 heavy (non-hydrogen) atoms. The molecule has 0 rings (SSSR count). The van der Waals surface area contributed by atoms with Crippen LogP contribution in [0.3, 0.4) is 0 Å². The summed E-state index contributed by atoms with van der Waals surface area (Å²) in [6.45, 7) is 10.5. The minimum Gasteiger partial charge on any atom is -0.463 e. The molecule has 0 unspecified atom stereocenters. The first-order valence-electron chi connectivity index (χ1n) is 9.24. The van der Waals surface area contributed by atoms with Crippen LogP contribution in [0.2, 0.25) is 0 Å². The van der Waals surface area contributed by atoms with E-state index in [4.69, 9.17) is 18.9 Å². The predicted octanol–water partition coefficient (Wildman–Crippen LogP) is 2.42. The summed E-state index contributed by atoms with van der Waals surface area (Å²) in [6, 6.07) is 0. The number of alkyl carbamates (subject to hydrolysis) is 2. The fourth-order valence-electron chi connectivity index (χ4n) is 1.62. The molecule has 2 N–H and O–H groups in total. The first kappa shape index (κ1) is 26.2. The number of hydrogen-bond acceptors (Lipinski definition) is 8. The maximum absolute atomic E-state index is 11.5. The first-order chi connectivity index (χ1) is 13.3. The second-order valence-corrected chi connectivity index (χ2v) is 7.92. The molecular weight excluding hydrogens is 384 g/mol. The van der Waals surface area contributed by atoms with Crippen LogP contribution in [0, 0.1) is 0 Å². The highest BCUT2D eigenvalue weighted by molar-refractivity contribution is 5.91. The van der Waals surface area contributed by atoms with Crippen LogP contribution in [-0.4, -0.2) is 55.2 Å². The third-order valence-electron chi connectivity index (χ3n) is 2.67. The predicted molar refractivity (Wildman–Crippen MR) is 104 cm³/mol. The number of rotatable bonds is 9. The van der Waals surface area contributed by atoms with Crippen LogP contribution in [0.25, 0.3) is 0 Å². The largest absolute Gasteiger partial charge is 0.463 e. The molecule has 2 amide bonds. The molecule has 0 spiro atoms. The number of ether oxygens (including phenoxy) is 4. The van der Waals surface area contributed by atoms with Crippen LogP contribution in [0.4, 0.5) is 9.59 Å². The number of carbonyl (C=O) groups is 4. The van der Waals surface area contributed by atoms with E-state index in [0.29, 0.717) is 19.4 Å². The van der Waals surface area contributed by atoms with Crippen LogP contribution in [0.15, 0.2) is 12.2 Å². The van der Waals surface area contributed by atoms with Crippen molar-refractivity contribution >= 4 is 24.1 Å². The summed E-state index contributed by atoms with van der Waals surface area (Å²) < 4.78 is 19.6. The number of hydrogen-bond donors (Lipinski definition) is 2. The van der Waals surface area contributed by atoms with Crippen molar-refractivity contribution in [1.29, 1.82) is 0 Å². The van der Waals surface area contributed by atoms with Crippen molar-refractivity contribution in [1.82, 2.24) is 10.6 Å². The molecule has 0 aliphatic carbocycles. The normalized spacial score (nSPS) is 11.5. The van der Waals surface area contributed by atoms with Gasteiger partial charge in [0.2, 0.25) is 0 Å². The Morgan fingerprint density at radius 3 is 1.72 bits per heavy atom. The Morgan fingerprint density at radius 1 is 0.724 bits per heavy atom. The maximum Gasteiger partial charge on any atom is 0.410 e. The molecule has 10 nitrogen and oxygen atoms in total. The first-order valence-corrected chi connectivity index (χ1v) is 9.24. The summed E-state index contributed by atoms with van der Waals surface area (Å²) in [5, 5.41) is 4.83. The van der Waals surface area contributed by atoms with Gasteiger partial charge in [-0.05, 0) is 54.4 Å². The van der Waals surface area contributed by atoms with E-state index in [-0.39, 0.29) is 6.61 Å². The Morgan fingerprint density at radius 2 is 1.21 bits per heavy atom. The van der Waals surface area contributed by atoms with E-state index in [1.54, 1.807) is 41.5 Å². The summed E-state index contributed by atoms with van der Waals surface area (Å²) in [5.74, 6) is -1.53. The van der Waals surface area contributed by atoms with Crippen LogP contribution < -0.4 is 10.6 Å². The second-order valence-electron chi connectivity index (χ2n) is 7.92. The summed E-state index contributed by atoms with van der Waals surface area (Å²) >= 11 is 0. The van der Waals surface area contributed by atoms with Crippen LogP contribution in [0.1, 0.15) is 54.4 Å². The zero-order valence-electron chi connectivity index (χ0n) is 18.0. The van der Waals surface area contributed by atoms with Crippen molar-refractivity contribution < 1.29 is 38.1 Å². The van der Waals surface area contributed by atoms with Crippen molar-refractivity contribution in [3.63, 3.8) is 0 Å². The summed E-state index contributed by atoms with van der Waals surface area (Å²) in [6.07, 6.45) is 1.71. The molecule has 0 aromatic carbocycles. The van der Waals surface area contributed by atoms with E-state index in [0.717, 1.165) is 12.2 Å². The lowest BCUT2D eigenvalue weighted by atomic mass is 10.2. The molecular formula is C19H32N2O8. The lowest BCUT2D eigenvalue weighted by molar-refractivity contribution is -0.140. The third kappa shape index (κ3) is 18.4. The highest BCUT2D eigenvalue weighted by atomic mass is 16.6. The second kappa shape index (κ2) is 12.6. The van der Waals surface area contributed by atoms with Gasteiger partial charge in [-0.15, -0.1) is 0 Å². The molecule has 10 heteroatoms. The van der Waals surface area contributed by atoms with Gasteiger partial charge in [-0.25, -0.2) is 19.2 Å². The standard InChI is InChI=1S/C19H32N2O8/c1-18(2,3)28-16(24)20-11-7-8-12-26-14(22)9-10-15(23)27-13-21-17(25)29-19(4,5)6/h9-10H,7-8,11-13H2,1-6H3,(H,20,24)(H,21,25)/b10-9+. The smallest absolute Gasteiger partial charge is 0.410 e. The Balaban J connectivity index is 3.81. The van der Waals surface area contributed by atoms with Gasteiger partial charge in [-0.3, -0.25) is 5.32 Å². The zero-order valence-corrected chi connectivity index (χ0v) is 18.0. The van der Waals surface area contributed by atoms with E-state index in [2.05, 4.69) is 10.6 Å². The molecule has 0 aromatic heterocycles. The quantitative estimate of drug-likeness (QED) is 0.193. The van der Waals surface area contributed by atoms with Gasteiger partial charge in [0, 0.05) is 18.7 Å². The molecule has 0 saturated carbocycles. The average molecular weight is 416 g/mol. The number of esters is 2. The van der Waals surface area contributed by atoms with Gasteiger partial charge < -0.3 is 24.3 Å². The van der Waals surface area contributed by atoms with Gasteiger partial charge in [-0.2, -0.15) is 0 Å². The SMILES string of the molecule is CC(C)(C)OC(=O)NCCCCOC(=O)/C=C/C(=O)OCNC(=O)OC(C)(C)C. The van der Waals surface area contributed by atoms with Gasteiger partial charge >= 0.3 is 24.1 Å². The Bertz CT molecular complexity index is 588.